The Kier molecular flexibility index (Phi) is 7.30. The average molecular weight is 412 g/mol. The van der Waals surface area contributed by atoms with Crippen LogP contribution in [0, 0.1) is 13.8 Å². The van der Waals surface area contributed by atoms with E-state index >= 15 is 0 Å². The van der Waals surface area contributed by atoms with Crippen LogP contribution in [0.4, 0.5) is 5.69 Å². The molecule has 1 atom stereocenters. The molecule has 0 spiro atoms. The van der Waals surface area contributed by atoms with E-state index in [1.807, 2.05) is 38.1 Å². The molecule has 0 unspecified atom stereocenters. The number of anilines is 1. The Morgan fingerprint density at radius 2 is 1.90 bits per heavy atom. The van der Waals surface area contributed by atoms with Gasteiger partial charge in [-0.2, -0.15) is 0 Å². The van der Waals surface area contributed by atoms with Gasteiger partial charge >= 0.3 is 0 Å². The summed E-state index contributed by atoms with van der Waals surface area (Å²) < 4.78 is 16.3. The van der Waals surface area contributed by atoms with E-state index in [0.29, 0.717) is 29.6 Å². The van der Waals surface area contributed by atoms with Crippen molar-refractivity contribution in [3.63, 3.8) is 0 Å². The van der Waals surface area contributed by atoms with Gasteiger partial charge in [0.1, 0.15) is 0 Å². The number of hydrogen-bond acceptors (Lipinski definition) is 5. The number of rotatable bonds is 6. The Labute approximate surface area is 177 Å². The second-order valence-electron chi connectivity index (χ2n) is 7.27. The third-order valence-corrected chi connectivity index (χ3v) is 5.12. The van der Waals surface area contributed by atoms with Gasteiger partial charge in [-0.25, -0.2) is 4.99 Å². The van der Waals surface area contributed by atoms with Crippen LogP contribution in [-0.4, -0.2) is 45.3 Å². The van der Waals surface area contributed by atoms with E-state index in [9.17, 15) is 4.79 Å². The maximum atomic E-state index is 12.8. The van der Waals surface area contributed by atoms with E-state index in [2.05, 4.69) is 15.6 Å². The molecule has 0 aliphatic carbocycles. The first-order chi connectivity index (χ1) is 14.5. The Balaban J connectivity index is 1.79. The lowest BCUT2D eigenvalue weighted by Crippen LogP contribution is -2.36. The molecule has 0 saturated carbocycles. The molecule has 0 bridgehead atoms. The lowest BCUT2D eigenvalue weighted by Gasteiger charge is -2.15. The summed E-state index contributed by atoms with van der Waals surface area (Å²) in [4.78, 5) is 17.4. The zero-order valence-electron chi connectivity index (χ0n) is 18.0. The van der Waals surface area contributed by atoms with Crippen LogP contribution in [-0.2, 0) is 4.74 Å². The number of guanidine groups is 1. The molecule has 30 heavy (non-hydrogen) atoms. The van der Waals surface area contributed by atoms with E-state index in [1.54, 1.807) is 26.4 Å². The van der Waals surface area contributed by atoms with Gasteiger partial charge < -0.3 is 19.5 Å². The summed E-state index contributed by atoms with van der Waals surface area (Å²) in [7, 11) is 3.17. The Hall–Kier alpha value is -3.06. The van der Waals surface area contributed by atoms with Crippen LogP contribution in [0.2, 0.25) is 0 Å². The highest BCUT2D eigenvalue weighted by Crippen LogP contribution is 2.29. The van der Waals surface area contributed by atoms with E-state index in [4.69, 9.17) is 14.2 Å². The minimum atomic E-state index is -0.225. The fourth-order valence-corrected chi connectivity index (χ4v) is 3.20. The van der Waals surface area contributed by atoms with Crippen molar-refractivity contribution in [3.8, 4) is 11.5 Å². The van der Waals surface area contributed by atoms with Crippen LogP contribution in [0.25, 0.3) is 0 Å². The molecule has 1 aliphatic heterocycles. The number of methoxy groups -OCH3 is 2. The summed E-state index contributed by atoms with van der Waals surface area (Å²) in [5.41, 5.74) is 3.51. The zero-order valence-corrected chi connectivity index (χ0v) is 18.0. The molecule has 2 aromatic carbocycles. The Bertz CT molecular complexity index is 921. The molecule has 0 radical (unpaired) electrons. The number of ether oxygens (including phenoxy) is 3. The smallest absolute Gasteiger partial charge is 0.257 e. The highest BCUT2D eigenvalue weighted by Gasteiger charge is 2.17. The molecule has 7 nitrogen and oxygen atoms in total. The first-order valence-electron chi connectivity index (χ1n) is 10.0. The van der Waals surface area contributed by atoms with Crippen molar-refractivity contribution in [1.82, 2.24) is 5.32 Å². The van der Waals surface area contributed by atoms with Crippen LogP contribution < -0.4 is 20.1 Å². The molecule has 1 aliphatic rings. The number of hydrogen-bond donors (Lipinski definition) is 2. The normalized spacial score (nSPS) is 16.3. The van der Waals surface area contributed by atoms with Crippen molar-refractivity contribution < 1.29 is 19.0 Å². The van der Waals surface area contributed by atoms with Gasteiger partial charge in [-0.3, -0.25) is 10.1 Å². The summed E-state index contributed by atoms with van der Waals surface area (Å²) in [6.07, 6.45) is 2.08. The predicted octanol–water partition coefficient (Wildman–Crippen LogP) is 3.70. The number of carbonyl (C=O) groups is 1. The predicted molar refractivity (Wildman–Crippen MR) is 118 cm³/mol. The molecule has 1 saturated heterocycles. The van der Waals surface area contributed by atoms with Gasteiger partial charge in [0, 0.05) is 23.9 Å². The van der Waals surface area contributed by atoms with Crippen molar-refractivity contribution in [2.75, 3.05) is 32.7 Å². The fraction of sp³-hybridized carbons (Fsp3) is 0.391. The summed E-state index contributed by atoms with van der Waals surface area (Å²) in [6, 6.07) is 11.1. The number of nitrogens with one attached hydrogen (secondary N) is 2. The zero-order chi connectivity index (χ0) is 21.5. The molecule has 1 heterocycles. The molecule has 0 aromatic heterocycles. The Morgan fingerprint density at radius 1 is 1.10 bits per heavy atom. The minimum absolute atomic E-state index is 0.0747. The summed E-state index contributed by atoms with van der Waals surface area (Å²) in [6.45, 7) is 5.24. The van der Waals surface area contributed by atoms with Crippen LogP contribution in [0.5, 0.6) is 11.5 Å². The van der Waals surface area contributed by atoms with Gasteiger partial charge in [0.05, 0.1) is 26.9 Å². The van der Waals surface area contributed by atoms with Gasteiger partial charge in [-0.05, 0) is 62.1 Å². The first-order valence-corrected chi connectivity index (χ1v) is 10.0. The quantitative estimate of drug-likeness (QED) is 0.560. The first kappa shape index (κ1) is 21.6. The number of aryl methyl sites for hydroxylation is 2. The van der Waals surface area contributed by atoms with Gasteiger partial charge in [-0.15, -0.1) is 0 Å². The molecule has 3 rings (SSSR count). The average Bonchev–Trinajstić information content (AvgIpc) is 3.27. The van der Waals surface area contributed by atoms with Crippen LogP contribution in [0.15, 0.2) is 41.4 Å². The van der Waals surface area contributed by atoms with E-state index in [0.717, 1.165) is 36.3 Å². The highest BCUT2D eigenvalue weighted by molar-refractivity contribution is 6.10. The number of nitrogens with zero attached hydrogens (tertiary/aromatic N) is 1. The second kappa shape index (κ2) is 10.1. The van der Waals surface area contributed by atoms with Gasteiger partial charge in [0.25, 0.3) is 5.91 Å². The topological polar surface area (TPSA) is 81.2 Å². The summed E-state index contributed by atoms with van der Waals surface area (Å²) in [5, 5.41) is 6.07. The molecule has 1 amide bonds. The van der Waals surface area contributed by atoms with E-state index in [-0.39, 0.29) is 12.0 Å². The molecular formula is C23H29N3O4. The van der Waals surface area contributed by atoms with Gasteiger partial charge in [-0.1, -0.05) is 6.07 Å². The van der Waals surface area contributed by atoms with Crippen molar-refractivity contribution in [2.45, 2.75) is 32.8 Å². The third-order valence-electron chi connectivity index (χ3n) is 5.12. The van der Waals surface area contributed by atoms with Crippen molar-refractivity contribution >= 4 is 17.6 Å². The van der Waals surface area contributed by atoms with Crippen molar-refractivity contribution in [3.05, 3.63) is 53.1 Å². The molecule has 160 valence electrons. The molecule has 1 fully saturated rings. The van der Waals surface area contributed by atoms with Crippen molar-refractivity contribution in [2.24, 2.45) is 4.99 Å². The van der Waals surface area contributed by atoms with Crippen LogP contribution in [0.3, 0.4) is 0 Å². The van der Waals surface area contributed by atoms with E-state index < -0.39 is 0 Å². The van der Waals surface area contributed by atoms with E-state index in [1.165, 1.54) is 0 Å². The SMILES string of the molecule is COc1ccc(NC(=NC[C@H]2CCCO2)NC(=O)c2ccc(C)c(C)c2)cc1OC. The van der Waals surface area contributed by atoms with Crippen LogP contribution in [0.1, 0.15) is 34.3 Å². The number of aliphatic imine (C=N–C) groups is 1. The van der Waals surface area contributed by atoms with Crippen molar-refractivity contribution in [1.29, 1.82) is 0 Å². The summed E-state index contributed by atoms with van der Waals surface area (Å²) in [5.74, 6) is 1.35. The minimum Gasteiger partial charge on any atom is -0.493 e. The third kappa shape index (κ3) is 5.51. The largest absolute Gasteiger partial charge is 0.493 e. The second-order valence-corrected chi connectivity index (χ2v) is 7.27. The lowest BCUT2D eigenvalue weighted by molar-refractivity contribution is 0.0975. The number of carbonyl (C=O) groups excluding carboxylic acids is 1. The standard InChI is InChI=1S/C23H29N3O4/c1-15-7-8-17(12-16(15)2)22(27)26-23(24-14-19-6-5-11-30-19)25-18-9-10-20(28-3)21(13-18)29-4/h7-10,12-13,19H,5-6,11,14H2,1-4H3,(H2,24,25,26,27)/t19-/m1/s1. The molecule has 7 heteroatoms. The monoisotopic (exact) mass is 411 g/mol. The fourth-order valence-electron chi connectivity index (χ4n) is 3.20. The maximum Gasteiger partial charge on any atom is 0.257 e. The Morgan fingerprint density at radius 3 is 2.57 bits per heavy atom. The lowest BCUT2D eigenvalue weighted by atomic mass is 10.1. The number of benzene rings is 2. The van der Waals surface area contributed by atoms with Gasteiger partial charge in [0.15, 0.2) is 11.5 Å². The maximum absolute atomic E-state index is 12.8. The molecule has 2 N–H and O–H groups in total. The number of amides is 1. The molecular weight excluding hydrogens is 382 g/mol. The highest BCUT2D eigenvalue weighted by atomic mass is 16.5. The molecule has 2 aromatic rings. The summed E-state index contributed by atoms with van der Waals surface area (Å²) >= 11 is 0. The van der Waals surface area contributed by atoms with Gasteiger partial charge in [0.2, 0.25) is 5.96 Å². The van der Waals surface area contributed by atoms with Crippen LogP contribution >= 0.6 is 0 Å².